The number of hydrogen-bond acceptors (Lipinski definition) is 3. The second kappa shape index (κ2) is 5.28. The van der Waals surface area contributed by atoms with Gasteiger partial charge < -0.3 is 5.32 Å². The summed E-state index contributed by atoms with van der Waals surface area (Å²) < 4.78 is 22.3. The molecule has 1 N–H and O–H groups in total. The van der Waals surface area contributed by atoms with Gasteiger partial charge in [-0.25, -0.2) is 8.42 Å². The Hall–Kier alpha value is -0.0900. The summed E-state index contributed by atoms with van der Waals surface area (Å²) in [6.07, 6.45) is 10.8. The molecule has 3 nitrogen and oxygen atoms in total. The summed E-state index contributed by atoms with van der Waals surface area (Å²) in [6.45, 7) is 3.18. The van der Waals surface area contributed by atoms with E-state index in [4.69, 9.17) is 0 Å². The zero-order chi connectivity index (χ0) is 14.4. The molecule has 1 unspecified atom stereocenters. The molecule has 4 rings (SSSR count). The van der Waals surface area contributed by atoms with E-state index in [-0.39, 0.29) is 0 Å². The fraction of sp³-hybridized carbons (Fsp3) is 1.00. The van der Waals surface area contributed by atoms with Gasteiger partial charge in [0.05, 0.1) is 5.75 Å². The van der Waals surface area contributed by atoms with Crippen molar-refractivity contribution in [2.24, 2.45) is 23.2 Å². The van der Waals surface area contributed by atoms with Gasteiger partial charge >= 0.3 is 0 Å². The minimum atomic E-state index is -2.81. The maximum atomic E-state index is 11.2. The van der Waals surface area contributed by atoms with Crippen molar-refractivity contribution in [2.45, 2.75) is 57.9 Å². The van der Waals surface area contributed by atoms with E-state index in [0.29, 0.717) is 17.2 Å². The summed E-state index contributed by atoms with van der Waals surface area (Å²) in [4.78, 5) is 0. The van der Waals surface area contributed by atoms with Gasteiger partial charge in [-0.1, -0.05) is 0 Å². The van der Waals surface area contributed by atoms with E-state index in [1.165, 1.54) is 44.8 Å². The van der Waals surface area contributed by atoms with Crippen LogP contribution in [-0.4, -0.2) is 33.0 Å². The first kappa shape index (κ1) is 14.8. The van der Waals surface area contributed by atoms with E-state index in [2.05, 4.69) is 12.2 Å². The standard InChI is InChI=1S/C16H29NO2S/c1-12(17-4-3-5-20(2,18)19)16-9-13-6-14(10-16)8-15(7-13)11-16/h12-15,17H,3-11H2,1-2H3. The SMILES string of the molecule is CC(NCCCS(C)(=O)=O)C12CC3CC(CC(C3)C1)C2. The molecule has 4 aliphatic rings. The zero-order valence-corrected chi connectivity index (χ0v) is 13.7. The van der Waals surface area contributed by atoms with Gasteiger partial charge in [-0.2, -0.15) is 0 Å². The Kier molecular flexibility index (Phi) is 3.91. The molecule has 0 saturated heterocycles. The molecule has 0 radical (unpaired) electrons. The smallest absolute Gasteiger partial charge is 0.147 e. The molecular weight excluding hydrogens is 270 g/mol. The zero-order valence-electron chi connectivity index (χ0n) is 12.9. The average molecular weight is 299 g/mol. The van der Waals surface area contributed by atoms with Crippen molar-refractivity contribution in [3.63, 3.8) is 0 Å². The van der Waals surface area contributed by atoms with Crippen LogP contribution in [0.3, 0.4) is 0 Å². The molecule has 4 bridgehead atoms. The van der Waals surface area contributed by atoms with E-state index in [1.54, 1.807) is 0 Å². The minimum absolute atomic E-state index is 0.313. The average Bonchev–Trinajstić information content (AvgIpc) is 2.31. The summed E-state index contributed by atoms with van der Waals surface area (Å²) >= 11 is 0. The quantitative estimate of drug-likeness (QED) is 0.767. The largest absolute Gasteiger partial charge is 0.314 e. The molecule has 0 amide bonds. The van der Waals surface area contributed by atoms with Crippen LogP contribution < -0.4 is 5.32 Å². The number of hydrogen-bond donors (Lipinski definition) is 1. The van der Waals surface area contributed by atoms with Crippen molar-refractivity contribution < 1.29 is 8.42 Å². The van der Waals surface area contributed by atoms with Crippen molar-refractivity contribution in [1.82, 2.24) is 5.32 Å². The maximum absolute atomic E-state index is 11.2. The van der Waals surface area contributed by atoms with Crippen LogP contribution in [-0.2, 0) is 9.84 Å². The molecule has 0 heterocycles. The summed E-state index contributed by atoms with van der Waals surface area (Å²) in [5.74, 6) is 3.28. The van der Waals surface area contributed by atoms with Gasteiger partial charge in [0.1, 0.15) is 9.84 Å². The fourth-order valence-electron chi connectivity index (χ4n) is 5.58. The van der Waals surface area contributed by atoms with Gasteiger partial charge in [-0.05, 0) is 81.6 Å². The number of sulfone groups is 1. The second-order valence-corrected chi connectivity index (χ2v) is 10.2. The topological polar surface area (TPSA) is 46.2 Å². The summed E-state index contributed by atoms with van der Waals surface area (Å²) in [5.41, 5.74) is 0.528. The third kappa shape index (κ3) is 3.06. The lowest BCUT2D eigenvalue weighted by molar-refractivity contribution is -0.0702. The summed E-state index contributed by atoms with van der Waals surface area (Å²) in [7, 11) is -2.81. The van der Waals surface area contributed by atoms with E-state index in [9.17, 15) is 8.42 Å². The van der Waals surface area contributed by atoms with Gasteiger partial charge in [0.2, 0.25) is 0 Å². The van der Waals surface area contributed by atoms with Gasteiger partial charge in [0, 0.05) is 12.3 Å². The van der Waals surface area contributed by atoms with Crippen LogP contribution >= 0.6 is 0 Å². The molecule has 0 spiro atoms. The predicted molar refractivity (Wildman–Crippen MR) is 82.4 cm³/mol. The van der Waals surface area contributed by atoms with Crippen LogP contribution in [0.4, 0.5) is 0 Å². The van der Waals surface area contributed by atoms with Crippen molar-refractivity contribution >= 4 is 9.84 Å². The molecule has 4 heteroatoms. The van der Waals surface area contributed by atoms with E-state index < -0.39 is 9.84 Å². The normalized spacial score (nSPS) is 41.0. The van der Waals surface area contributed by atoms with Crippen LogP contribution in [0, 0.1) is 23.2 Å². The van der Waals surface area contributed by atoms with Crippen molar-refractivity contribution in [1.29, 1.82) is 0 Å². The highest BCUT2D eigenvalue weighted by atomic mass is 32.2. The van der Waals surface area contributed by atoms with Crippen LogP contribution in [0.25, 0.3) is 0 Å². The molecule has 4 fully saturated rings. The van der Waals surface area contributed by atoms with E-state index in [1.807, 2.05) is 0 Å². The lowest BCUT2D eigenvalue weighted by atomic mass is 9.48. The second-order valence-electron chi connectivity index (χ2n) is 7.94. The molecule has 0 aromatic heterocycles. The van der Waals surface area contributed by atoms with Crippen LogP contribution in [0.5, 0.6) is 0 Å². The molecule has 0 aromatic carbocycles. The van der Waals surface area contributed by atoms with Crippen molar-refractivity contribution in [3.05, 3.63) is 0 Å². The first-order chi connectivity index (χ1) is 9.36. The van der Waals surface area contributed by atoms with Gasteiger partial charge in [-0.15, -0.1) is 0 Å². The Labute approximate surface area is 123 Å². The van der Waals surface area contributed by atoms with Crippen LogP contribution in [0.1, 0.15) is 51.9 Å². The van der Waals surface area contributed by atoms with Gasteiger partial charge in [-0.3, -0.25) is 0 Å². The van der Waals surface area contributed by atoms with Gasteiger partial charge in [0.25, 0.3) is 0 Å². The summed E-state index contributed by atoms with van der Waals surface area (Å²) in [6, 6.07) is 0.551. The highest BCUT2D eigenvalue weighted by Gasteiger charge is 2.52. The number of rotatable bonds is 6. The third-order valence-electron chi connectivity index (χ3n) is 6.15. The lowest BCUT2D eigenvalue weighted by Gasteiger charge is -2.59. The van der Waals surface area contributed by atoms with Crippen molar-refractivity contribution in [2.75, 3.05) is 18.6 Å². The predicted octanol–water partition coefficient (Wildman–Crippen LogP) is 2.62. The molecule has 20 heavy (non-hydrogen) atoms. The Morgan fingerprint density at radius 2 is 1.60 bits per heavy atom. The molecule has 0 aromatic rings. The van der Waals surface area contributed by atoms with E-state index in [0.717, 1.165) is 30.7 Å². The Balaban J connectivity index is 1.53. The highest BCUT2D eigenvalue weighted by molar-refractivity contribution is 7.90. The third-order valence-corrected chi connectivity index (χ3v) is 7.18. The van der Waals surface area contributed by atoms with E-state index >= 15 is 0 Å². The fourth-order valence-corrected chi connectivity index (χ4v) is 6.25. The van der Waals surface area contributed by atoms with Crippen molar-refractivity contribution in [3.8, 4) is 0 Å². The Morgan fingerprint density at radius 3 is 2.05 bits per heavy atom. The Bertz CT molecular complexity index is 422. The summed E-state index contributed by atoms with van der Waals surface area (Å²) in [5, 5.41) is 3.65. The molecule has 4 saturated carbocycles. The first-order valence-electron chi connectivity index (χ1n) is 8.27. The minimum Gasteiger partial charge on any atom is -0.314 e. The monoisotopic (exact) mass is 299 g/mol. The number of nitrogens with one attached hydrogen (secondary N) is 1. The van der Waals surface area contributed by atoms with Crippen LogP contribution in [0.2, 0.25) is 0 Å². The molecular formula is C16H29NO2S. The van der Waals surface area contributed by atoms with Gasteiger partial charge in [0.15, 0.2) is 0 Å². The first-order valence-corrected chi connectivity index (χ1v) is 10.3. The van der Waals surface area contributed by atoms with Crippen LogP contribution in [0.15, 0.2) is 0 Å². The Morgan fingerprint density at radius 1 is 1.10 bits per heavy atom. The maximum Gasteiger partial charge on any atom is 0.147 e. The molecule has 4 aliphatic carbocycles. The molecule has 1 atom stereocenters. The molecule has 116 valence electrons. The lowest BCUT2D eigenvalue weighted by Crippen LogP contribution is -2.55. The highest BCUT2D eigenvalue weighted by Crippen LogP contribution is 2.61. The molecule has 0 aliphatic heterocycles.